The van der Waals surface area contributed by atoms with Crippen molar-refractivity contribution in [1.29, 1.82) is 0 Å². The second-order valence-electron chi connectivity index (χ2n) is 3.37. The maximum atomic E-state index is 11.2. The molecule has 1 amide bonds. The van der Waals surface area contributed by atoms with E-state index in [1.54, 1.807) is 7.11 Å². The monoisotopic (exact) mass is 203 g/mol. The van der Waals surface area contributed by atoms with Crippen LogP contribution in [0.2, 0.25) is 0 Å². The van der Waals surface area contributed by atoms with Crippen molar-refractivity contribution in [2.45, 2.75) is 13.0 Å². The van der Waals surface area contributed by atoms with Gasteiger partial charge in [-0.3, -0.25) is 9.69 Å². The first-order chi connectivity index (χ1) is 6.60. The summed E-state index contributed by atoms with van der Waals surface area (Å²) in [5.41, 5.74) is 5.74. The molecule has 0 rings (SSSR count). The lowest BCUT2D eigenvalue weighted by Crippen LogP contribution is -2.42. The van der Waals surface area contributed by atoms with Gasteiger partial charge in [-0.15, -0.1) is 0 Å². The normalized spacial score (nSPS) is 12.9. The van der Waals surface area contributed by atoms with Crippen LogP contribution in [0.5, 0.6) is 0 Å². The zero-order chi connectivity index (χ0) is 11.0. The Balaban J connectivity index is 3.63. The van der Waals surface area contributed by atoms with E-state index in [2.05, 4.69) is 5.32 Å². The number of rotatable bonds is 7. The standard InChI is InChI=1S/C9H21N3O2/c1-4-11-9(13)6-12(2)5-8(10)7-14-3/h8H,4-7,10H2,1-3H3,(H,11,13). The molecule has 0 heterocycles. The summed E-state index contributed by atoms with van der Waals surface area (Å²) in [7, 11) is 3.48. The molecule has 0 spiro atoms. The van der Waals surface area contributed by atoms with Gasteiger partial charge in [-0.25, -0.2) is 0 Å². The third-order valence-corrected chi connectivity index (χ3v) is 1.71. The molecule has 14 heavy (non-hydrogen) atoms. The zero-order valence-corrected chi connectivity index (χ0v) is 9.25. The number of carbonyl (C=O) groups is 1. The van der Waals surface area contributed by atoms with Crippen molar-refractivity contribution >= 4 is 5.91 Å². The molecule has 0 aromatic heterocycles. The summed E-state index contributed by atoms with van der Waals surface area (Å²) in [6.45, 7) is 4.11. The van der Waals surface area contributed by atoms with Crippen LogP contribution in [0, 0.1) is 0 Å². The lowest BCUT2D eigenvalue weighted by atomic mass is 10.3. The quantitative estimate of drug-likeness (QED) is 0.558. The van der Waals surface area contributed by atoms with Gasteiger partial charge in [-0.05, 0) is 14.0 Å². The van der Waals surface area contributed by atoms with Crippen molar-refractivity contribution in [3.63, 3.8) is 0 Å². The number of ether oxygens (including phenoxy) is 1. The molecule has 0 bridgehead atoms. The Morgan fingerprint density at radius 1 is 1.64 bits per heavy atom. The van der Waals surface area contributed by atoms with Crippen LogP contribution >= 0.6 is 0 Å². The number of likely N-dealkylation sites (N-methyl/N-ethyl adjacent to an activating group) is 2. The summed E-state index contributed by atoms with van der Waals surface area (Å²) in [6.07, 6.45) is 0. The number of amides is 1. The van der Waals surface area contributed by atoms with Gasteiger partial charge in [0, 0.05) is 26.2 Å². The summed E-state index contributed by atoms with van der Waals surface area (Å²) in [5, 5.41) is 2.73. The van der Waals surface area contributed by atoms with Gasteiger partial charge in [-0.1, -0.05) is 0 Å². The molecule has 84 valence electrons. The Bertz CT molecular complexity index is 164. The first-order valence-electron chi connectivity index (χ1n) is 4.79. The van der Waals surface area contributed by atoms with Crippen molar-refractivity contribution in [2.75, 3.05) is 40.4 Å². The highest BCUT2D eigenvalue weighted by molar-refractivity contribution is 5.77. The van der Waals surface area contributed by atoms with Gasteiger partial charge in [0.05, 0.1) is 13.2 Å². The summed E-state index contributed by atoms with van der Waals surface area (Å²) < 4.78 is 4.90. The van der Waals surface area contributed by atoms with Gasteiger partial charge in [0.1, 0.15) is 0 Å². The SMILES string of the molecule is CCNC(=O)CN(C)CC(N)COC. The number of methoxy groups -OCH3 is 1. The van der Waals surface area contributed by atoms with Gasteiger partial charge < -0.3 is 15.8 Å². The fourth-order valence-electron chi connectivity index (χ4n) is 1.23. The van der Waals surface area contributed by atoms with Crippen molar-refractivity contribution in [1.82, 2.24) is 10.2 Å². The van der Waals surface area contributed by atoms with Gasteiger partial charge in [0.2, 0.25) is 5.91 Å². The predicted molar refractivity (Wildman–Crippen MR) is 56.0 cm³/mol. The number of hydrogen-bond acceptors (Lipinski definition) is 4. The van der Waals surface area contributed by atoms with E-state index >= 15 is 0 Å². The third kappa shape index (κ3) is 6.82. The van der Waals surface area contributed by atoms with Crippen molar-refractivity contribution < 1.29 is 9.53 Å². The summed E-state index contributed by atoms with van der Waals surface area (Å²) in [4.78, 5) is 13.1. The topological polar surface area (TPSA) is 67.6 Å². The lowest BCUT2D eigenvalue weighted by molar-refractivity contribution is -0.121. The molecular formula is C9H21N3O2. The number of carbonyl (C=O) groups excluding carboxylic acids is 1. The average Bonchev–Trinajstić information content (AvgIpc) is 2.03. The van der Waals surface area contributed by atoms with Gasteiger partial charge in [0.15, 0.2) is 0 Å². The maximum Gasteiger partial charge on any atom is 0.234 e. The molecule has 0 aromatic carbocycles. The summed E-state index contributed by atoms with van der Waals surface area (Å²) in [5.74, 6) is 0.0274. The number of nitrogens with one attached hydrogen (secondary N) is 1. The Hall–Kier alpha value is -0.650. The minimum absolute atomic E-state index is 0.0274. The highest BCUT2D eigenvalue weighted by atomic mass is 16.5. The lowest BCUT2D eigenvalue weighted by Gasteiger charge is -2.19. The van der Waals surface area contributed by atoms with E-state index in [1.165, 1.54) is 0 Å². The molecule has 0 fully saturated rings. The van der Waals surface area contributed by atoms with Crippen LogP contribution in [0.15, 0.2) is 0 Å². The predicted octanol–water partition coefficient (Wildman–Crippen LogP) is -0.972. The Morgan fingerprint density at radius 2 is 2.29 bits per heavy atom. The number of nitrogens with zero attached hydrogens (tertiary/aromatic N) is 1. The molecule has 5 heteroatoms. The summed E-state index contributed by atoms with van der Waals surface area (Å²) in [6, 6.07) is -0.0422. The molecule has 0 aliphatic heterocycles. The van der Waals surface area contributed by atoms with Crippen LogP contribution < -0.4 is 11.1 Å². The molecule has 0 saturated heterocycles. The van der Waals surface area contributed by atoms with Gasteiger partial charge in [0.25, 0.3) is 0 Å². The first-order valence-corrected chi connectivity index (χ1v) is 4.79. The van der Waals surface area contributed by atoms with E-state index in [-0.39, 0.29) is 11.9 Å². The molecule has 3 N–H and O–H groups in total. The number of nitrogens with two attached hydrogens (primary N) is 1. The van der Waals surface area contributed by atoms with Gasteiger partial charge >= 0.3 is 0 Å². The van der Waals surface area contributed by atoms with Crippen LogP contribution in [-0.4, -0.2) is 57.2 Å². The molecule has 0 aromatic rings. The average molecular weight is 203 g/mol. The second kappa shape index (κ2) is 7.73. The van der Waals surface area contributed by atoms with Crippen LogP contribution in [-0.2, 0) is 9.53 Å². The first kappa shape index (κ1) is 13.4. The molecule has 0 saturated carbocycles. The molecule has 1 unspecified atom stereocenters. The van der Waals surface area contributed by atoms with E-state index in [9.17, 15) is 4.79 Å². The van der Waals surface area contributed by atoms with Crippen molar-refractivity contribution in [2.24, 2.45) is 5.73 Å². The molecular weight excluding hydrogens is 182 g/mol. The van der Waals surface area contributed by atoms with Crippen LogP contribution in [0.3, 0.4) is 0 Å². The maximum absolute atomic E-state index is 11.2. The smallest absolute Gasteiger partial charge is 0.234 e. The minimum Gasteiger partial charge on any atom is -0.383 e. The van der Waals surface area contributed by atoms with Crippen molar-refractivity contribution in [3.8, 4) is 0 Å². The van der Waals surface area contributed by atoms with Crippen LogP contribution in [0.1, 0.15) is 6.92 Å². The highest BCUT2D eigenvalue weighted by Gasteiger charge is 2.09. The largest absolute Gasteiger partial charge is 0.383 e. The second-order valence-corrected chi connectivity index (χ2v) is 3.37. The summed E-state index contributed by atoms with van der Waals surface area (Å²) >= 11 is 0. The van der Waals surface area contributed by atoms with Gasteiger partial charge in [-0.2, -0.15) is 0 Å². The molecule has 0 radical (unpaired) electrons. The Kier molecular flexibility index (Phi) is 7.37. The highest BCUT2D eigenvalue weighted by Crippen LogP contribution is 1.87. The minimum atomic E-state index is -0.0422. The van der Waals surface area contributed by atoms with Crippen molar-refractivity contribution in [3.05, 3.63) is 0 Å². The van der Waals surface area contributed by atoms with Crippen LogP contribution in [0.25, 0.3) is 0 Å². The molecule has 5 nitrogen and oxygen atoms in total. The van der Waals surface area contributed by atoms with E-state index in [4.69, 9.17) is 10.5 Å². The van der Waals surface area contributed by atoms with E-state index in [0.717, 1.165) is 0 Å². The molecule has 1 atom stereocenters. The van der Waals surface area contributed by atoms with E-state index < -0.39 is 0 Å². The Labute approximate surface area is 85.6 Å². The fraction of sp³-hybridized carbons (Fsp3) is 0.889. The fourth-order valence-corrected chi connectivity index (χ4v) is 1.23. The Morgan fingerprint density at radius 3 is 2.79 bits per heavy atom. The zero-order valence-electron chi connectivity index (χ0n) is 9.25. The molecule has 0 aliphatic rings. The van der Waals surface area contributed by atoms with E-state index in [0.29, 0.717) is 26.2 Å². The third-order valence-electron chi connectivity index (χ3n) is 1.71. The molecule has 0 aliphatic carbocycles. The van der Waals surface area contributed by atoms with Crippen LogP contribution in [0.4, 0.5) is 0 Å². The van der Waals surface area contributed by atoms with E-state index in [1.807, 2.05) is 18.9 Å². The number of hydrogen-bond donors (Lipinski definition) is 2.